The van der Waals surface area contributed by atoms with Crippen molar-refractivity contribution in [3.05, 3.63) is 93.8 Å². The molecule has 0 unspecified atom stereocenters. The first-order chi connectivity index (χ1) is 12.5. The summed E-state index contributed by atoms with van der Waals surface area (Å²) in [5.41, 5.74) is 4.92. The fraction of sp³-hybridized carbons (Fsp3) is 0.136. The molecule has 0 aliphatic heterocycles. The molecule has 0 N–H and O–H groups in total. The van der Waals surface area contributed by atoms with E-state index in [0.717, 1.165) is 22.4 Å². The Morgan fingerprint density at radius 2 is 1.81 bits per heavy atom. The van der Waals surface area contributed by atoms with Crippen molar-refractivity contribution in [2.24, 2.45) is 4.99 Å². The van der Waals surface area contributed by atoms with E-state index in [1.54, 1.807) is 24.4 Å². The van der Waals surface area contributed by atoms with Crippen LogP contribution in [-0.4, -0.2) is 6.21 Å². The number of nitrogens with zero attached hydrogens (tertiary/aromatic N) is 1. The minimum Gasteiger partial charge on any atom is -0.488 e. The lowest BCUT2D eigenvalue weighted by molar-refractivity contribution is 0.305. The lowest BCUT2D eigenvalue weighted by Crippen LogP contribution is -1.98. The van der Waals surface area contributed by atoms with Crippen LogP contribution in [0.4, 0.5) is 10.1 Å². The van der Waals surface area contributed by atoms with Gasteiger partial charge in [-0.15, -0.1) is 0 Å². The summed E-state index contributed by atoms with van der Waals surface area (Å²) in [4.78, 5) is 4.59. The zero-order valence-corrected chi connectivity index (χ0v) is 15.4. The average Bonchev–Trinajstić information content (AvgIpc) is 2.63. The number of halogens is 2. The Kier molecular flexibility index (Phi) is 5.69. The molecule has 0 radical (unpaired) electrons. The standard InChI is InChI=1S/C22H19ClFNO/c1-15-4-3-5-21(16(15)2)25-13-18-12-19(23)8-11-22(18)26-14-17-6-9-20(24)10-7-17/h3-13H,14H2,1-2H3. The summed E-state index contributed by atoms with van der Waals surface area (Å²) in [7, 11) is 0. The average molecular weight is 368 g/mol. The van der Waals surface area contributed by atoms with Crippen molar-refractivity contribution >= 4 is 23.5 Å². The van der Waals surface area contributed by atoms with Crippen molar-refractivity contribution in [1.82, 2.24) is 0 Å². The minimum atomic E-state index is -0.262. The molecule has 2 nitrogen and oxygen atoms in total. The van der Waals surface area contributed by atoms with Gasteiger partial charge in [0, 0.05) is 16.8 Å². The molecule has 132 valence electrons. The van der Waals surface area contributed by atoms with Crippen LogP contribution in [0.15, 0.2) is 65.7 Å². The third kappa shape index (κ3) is 4.50. The van der Waals surface area contributed by atoms with Gasteiger partial charge in [0.1, 0.15) is 18.2 Å². The molecule has 3 aromatic carbocycles. The summed E-state index contributed by atoms with van der Waals surface area (Å²) < 4.78 is 18.9. The van der Waals surface area contributed by atoms with Crippen LogP contribution in [0.25, 0.3) is 0 Å². The summed E-state index contributed by atoms with van der Waals surface area (Å²) in [6.07, 6.45) is 1.76. The van der Waals surface area contributed by atoms with Crippen molar-refractivity contribution in [2.45, 2.75) is 20.5 Å². The maximum absolute atomic E-state index is 13.0. The Morgan fingerprint density at radius 1 is 1.04 bits per heavy atom. The van der Waals surface area contributed by atoms with Crippen molar-refractivity contribution in [3.63, 3.8) is 0 Å². The zero-order chi connectivity index (χ0) is 18.5. The predicted molar refractivity (Wildman–Crippen MR) is 105 cm³/mol. The number of hydrogen-bond donors (Lipinski definition) is 0. The van der Waals surface area contributed by atoms with Crippen LogP contribution in [0, 0.1) is 19.7 Å². The molecule has 3 rings (SSSR count). The molecule has 0 heterocycles. The van der Waals surface area contributed by atoms with Crippen molar-refractivity contribution in [1.29, 1.82) is 0 Å². The van der Waals surface area contributed by atoms with Crippen molar-refractivity contribution < 1.29 is 9.13 Å². The van der Waals surface area contributed by atoms with E-state index in [9.17, 15) is 4.39 Å². The molecule has 0 fully saturated rings. The number of aliphatic imine (C=N–C) groups is 1. The second-order valence-corrected chi connectivity index (χ2v) is 6.51. The fourth-order valence-corrected chi connectivity index (χ4v) is 2.69. The lowest BCUT2D eigenvalue weighted by Gasteiger charge is -2.10. The van der Waals surface area contributed by atoms with Crippen LogP contribution in [0.5, 0.6) is 5.75 Å². The highest BCUT2D eigenvalue weighted by Gasteiger charge is 2.05. The minimum absolute atomic E-state index is 0.262. The van der Waals surface area contributed by atoms with Gasteiger partial charge in [0.15, 0.2) is 0 Å². The summed E-state index contributed by atoms with van der Waals surface area (Å²) in [5.74, 6) is 0.411. The Hall–Kier alpha value is -2.65. The molecule has 0 spiro atoms. The SMILES string of the molecule is Cc1cccc(N=Cc2cc(Cl)ccc2OCc2ccc(F)cc2)c1C. The molecule has 0 aliphatic rings. The quantitative estimate of drug-likeness (QED) is 0.476. The second kappa shape index (κ2) is 8.15. The van der Waals surface area contributed by atoms with Crippen LogP contribution in [0.1, 0.15) is 22.3 Å². The highest BCUT2D eigenvalue weighted by atomic mass is 35.5. The van der Waals surface area contributed by atoms with E-state index >= 15 is 0 Å². The molecular weight excluding hydrogens is 349 g/mol. The number of benzene rings is 3. The monoisotopic (exact) mass is 367 g/mol. The number of ether oxygens (including phenoxy) is 1. The van der Waals surface area contributed by atoms with E-state index < -0.39 is 0 Å². The fourth-order valence-electron chi connectivity index (χ4n) is 2.51. The van der Waals surface area contributed by atoms with Gasteiger partial charge in [-0.1, -0.05) is 35.9 Å². The molecule has 0 aliphatic carbocycles. The van der Waals surface area contributed by atoms with Crippen molar-refractivity contribution in [2.75, 3.05) is 0 Å². The van der Waals surface area contributed by atoms with Gasteiger partial charge in [-0.05, 0) is 66.9 Å². The van der Waals surface area contributed by atoms with Gasteiger partial charge in [0.25, 0.3) is 0 Å². The molecule has 0 amide bonds. The predicted octanol–water partition coefficient (Wildman–Crippen LogP) is 6.43. The van der Waals surface area contributed by atoms with Gasteiger partial charge in [-0.2, -0.15) is 0 Å². The van der Waals surface area contributed by atoms with E-state index in [-0.39, 0.29) is 5.82 Å². The van der Waals surface area contributed by atoms with Gasteiger partial charge in [-0.3, -0.25) is 4.99 Å². The van der Waals surface area contributed by atoms with E-state index in [0.29, 0.717) is 17.4 Å². The van der Waals surface area contributed by atoms with Gasteiger partial charge in [-0.25, -0.2) is 4.39 Å². The summed E-state index contributed by atoms with van der Waals surface area (Å²) >= 11 is 6.13. The Bertz CT molecular complexity index is 935. The molecule has 4 heteroatoms. The van der Waals surface area contributed by atoms with E-state index in [2.05, 4.69) is 18.0 Å². The zero-order valence-electron chi connectivity index (χ0n) is 14.7. The van der Waals surface area contributed by atoms with Crippen LogP contribution in [0.2, 0.25) is 5.02 Å². The molecule has 0 saturated carbocycles. The molecule has 0 aromatic heterocycles. The molecule has 3 aromatic rings. The molecule has 26 heavy (non-hydrogen) atoms. The third-order valence-electron chi connectivity index (χ3n) is 4.20. The smallest absolute Gasteiger partial charge is 0.128 e. The third-order valence-corrected chi connectivity index (χ3v) is 4.43. The largest absolute Gasteiger partial charge is 0.488 e. The number of aryl methyl sites for hydroxylation is 1. The van der Waals surface area contributed by atoms with Crippen molar-refractivity contribution in [3.8, 4) is 5.75 Å². The van der Waals surface area contributed by atoms with Crippen LogP contribution < -0.4 is 4.74 Å². The van der Waals surface area contributed by atoms with Gasteiger partial charge in [0.2, 0.25) is 0 Å². The molecular formula is C22H19ClFNO. The lowest BCUT2D eigenvalue weighted by atomic mass is 10.1. The highest BCUT2D eigenvalue weighted by molar-refractivity contribution is 6.30. The van der Waals surface area contributed by atoms with Crippen LogP contribution in [-0.2, 0) is 6.61 Å². The maximum atomic E-state index is 13.0. The number of rotatable bonds is 5. The Labute approximate surface area is 157 Å². The molecule has 0 bridgehead atoms. The van der Waals surface area contributed by atoms with E-state index in [1.807, 2.05) is 31.2 Å². The maximum Gasteiger partial charge on any atom is 0.128 e. The molecule has 0 atom stereocenters. The first-order valence-electron chi connectivity index (χ1n) is 8.30. The normalized spacial score (nSPS) is 11.1. The first kappa shape index (κ1) is 18.2. The summed E-state index contributed by atoms with van der Waals surface area (Å²) in [6, 6.07) is 17.7. The number of hydrogen-bond acceptors (Lipinski definition) is 2. The summed E-state index contributed by atoms with van der Waals surface area (Å²) in [5, 5.41) is 0.613. The highest BCUT2D eigenvalue weighted by Crippen LogP contribution is 2.25. The Balaban J connectivity index is 1.82. The molecule has 0 saturated heterocycles. The second-order valence-electron chi connectivity index (χ2n) is 6.07. The van der Waals surface area contributed by atoms with Crippen LogP contribution in [0.3, 0.4) is 0 Å². The van der Waals surface area contributed by atoms with Gasteiger partial charge < -0.3 is 4.74 Å². The van der Waals surface area contributed by atoms with Gasteiger partial charge in [0.05, 0.1) is 5.69 Å². The first-order valence-corrected chi connectivity index (χ1v) is 8.68. The Morgan fingerprint density at radius 3 is 2.58 bits per heavy atom. The topological polar surface area (TPSA) is 21.6 Å². The van der Waals surface area contributed by atoms with Gasteiger partial charge >= 0.3 is 0 Å². The van der Waals surface area contributed by atoms with Crippen LogP contribution >= 0.6 is 11.6 Å². The van der Waals surface area contributed by atoms with E-state index in [1.165, 1.54) is 17.7 Å². The summed E-state index contributed by atoms with van der Waals surface area (Å²) in [6.45, 7) is 4.45. The van der Waals surface area contributed by atoms with E-state index in [4.69, 9.17) is 16.3 Å².